The molecule has 4 fully saturated rings. The lowest BCUT2D eigenvalue weighted by molar-refractivity contribution is -0.282. The minimum absolute atomic E-state index is 0.0701. The van der Waals surface area contributed by atoms with Crippen molar-refractivity contribution in [3.05, 3.63) is 0 Å². The van der Waals surface area contributed by atoms with Crippen molar-refractivity contribution < 1.29 is 142 Å². The molecule has 4 saturated heterocycles. The summed E-state index contributed by atoms with van der Waals surface area (Å²) < 4.78 is 52.3. The Morgan fingerprint density at radius 1 is 0.377 bits per heavy atom. The lowest BCUT2D eigenvalue weighted by Crippen LogP contribution is -2.64. The molecule has 0 aromatic heterocycles. The highest BCUT2D eigenvalue weighted by Crippen LogP contribution is 2.29. The van der Waals surface area contributed by atoms with Gasteiger partial charge in [-0.2, -0.15) is 0 Å². The highest BCUT2D eigenvalue weighted by Gasteiger charge is 2.47. The van der Waals surface area contributed by atoms with Gasteiger partial charge in [-0.3, -0.25) is 43.2 Å². The van der Waals surface area contributed by atoms with Gasteiger partial charge < -0.3 is 146 Å². The van der Waals surface area contributed by atoms with Gasteiger partial charge in [-0.25, -0.2) is 0 Å². The van der Waals surface area contributed by atoms with Crippen LogP contribution in [0.3, 0.4) is 0 Å². The normalized spacial score (nSPS) is 26.1. The average molecular weight is 1640 g/mol. The van der Waals surface area contributed by atoms with E-state index in [-0.39, 0.29) is 210 Å². The van der Waals surface area contributed by atoms with Crippen LogP contribution in [-0.4, -0.2) is 343 Å². The number of β-amino-alcohol motifs (C(OH)–C–C–N with tert-alkyl or cyclic N) is 1. The molecule has 114 heavy (non-hydrogen) atoms. The summed E-state index contributed by atoms with van der Waals surface area (Å²) in [6, 6.07) is -1.45. The number of aliphatic hydroxyl groups is 11. The Bertz CT molecular complexity index is 2650. The van der Waals surface area contributed by atoms with E-state index in [1.807, 2.05) is 0 Å². The first-order chi connectivity index (χ1) is 54.8. The number of amides is 9. The van der Waals surface area contributed by atoms with Crippen LogP contribution in [0.1, 0.15) is 188 Å². The molecule has 0 aliphatic carbocycles. The largest absolute Gasteiger partial charge is 0.394 e. The van der Waals surface area contributed by atoms with Crippen LogP contribution < -0.4 is 42.5 Å². The molecule has 660 valence electrons. The number of hydrogen-bond donors (Lipinski definition) is 19. The molecule has 0 aromatic carbocycles. The molecule has 0 saturated carbocycles. The predicted octanol–water partition coefficient (Wildman–Crippen LogP) is -3.56. The Kier molecular flexibility index (Phi) is 51.6. The van der Waals surface area contributed by atoms with E-state index in [1.54, 1.807) is 18.7 Å². The standard InChI is InChI=1S/C76H137N9O29/c1-50-67(100)69(102)55(44-87)112-73(50)109-35-15-12-21-58(92)77-29-18-32-80-61(95)26-38-106-47-76(84-64(98)24-10-8-6-4-5-7-9-11-25-65(99)85-42-54(91)41-53(85)43-86,48-107-39-27-62(96)81-33-19-30-78-59(93)22-13-16-36-110-74-51(2)68(101)70(103)56(45-88)113-74)49-108-40-28-63(97)82-34-20-31-79-60(94)23-14-17-37-111-75-66(83-52(3)90)72(105)71(104)57(46-89)114-75/h50-51,53-57,66-75,86-89,91,100-105H,4-49H2,1-3H3,(H,77,92)(H,78,93)(H,79,94)(H,80,95)(H,81,96)(H,82,97)(H,83,90)(H,84,98)/t50?,51?,53-,54+,55?,56?,57?,66?,67?,68?,69?,70?,71?,72?,73?,74?,75?,76?/m0/s1. The van der Waals surface area contributed by atoms with Gasteiger partial charge in [0.2, 0.25) is 53.2 Å². The molecule has 0 spiro atoms. The van der Waals surface area contributed by atoms with Crippen LogP contribution in [0.25, 0.3) is 0 Å². The fourth-order valence-corrected chi connectivity index (χ4v) is 13.4. The van der Waals surface area contributed by atoms with E-state index in [0.717, 1.165) is 38.5 Å². The molecule has 38 heteroatoms. The third-order valence-electron chi connectivity index (χ3n) is 20.3. The Balaban J connectivity index is 1.27. The Morgan fingerprint density at radius 2 is 0.702 bits per heavy atom. The van der Waals surface area contributed by atoms with Gasteiger partial charge in [0.15, 0.2) is 18.9 Å². The first kappa shape index (κ1) is 101. The van der Waals surface area contributed by atoms with Crippen LogP contribution in [0.5, 0.6) is 0 Å². The number of carbonyl (C=O) groups is 9. The summed E-state index contributed by atoms with van der Waals surface area (Å²) in [6.07, 6.45) is -2.61. The Hall–Kier alpha value is -5.57. The second kappa shape index (κ2) is 58.3. The van der Waals surface area contributed by atoms with Crippen LogP contribution in [0.2, 0.25) is 0 Å². The van der Waals surface area contributed by atoms with Crippen molar-refractivity contribution in [2.45, 2.75) is 285 Å². The van der Waals surface area contributed by atoms with Gasteiger partial charge >= 0.3 is 0 Å². The molecule has 38 nitrogen and oxygen atoms in total. The van der Waals surface area contributed by atoms with Crippen molar-refractivity contribution in [3.8, 4) is 0 Å². The van der Waals surface area contributed by atoms with Gasteiger partial charge in [-0.1, -0.05) is 52.4 Å². The van der Waals surface area contributed by atoms with Crippen molar-refractivity contribution in [1.82, 2.24) is 47.4 Å². The van der Waals surface area contributed by atoms with Crippen LogP contribution in [-0.2, 0) is 85.8 Å². The van der Waals surface area contributed by atoms with Crippen molar-refractivity contribution in [2.24, 2.45) is 11.8 Å². The van der Waals surface area contributed by atoms with E-state index in [4.69, 9.17) is 42.6 Å². The molecule has 17 atom stereocenters. The molecule has 4 heterocycles. The smallest absolute Gasteiger partial charge is 0.222 e. The third-order valence-corrected chi connectivity index (χ3v) is 20.3. The molecule has 4 aliphatic rings. The number of likely N-dealkylation sites (tertiary alicyclic amines) is 1. The van der Waals surface area contributed by atoms with E-state index in [2.05, 4.69) is 42.5 Å². The van der Waals surface area contributed by atoms with Crippen molar-refractivity contribution in [2.75, 3.05) is 132 Å². The van der Waals surface area contributed by atoms with E-state index < -0.39 is 129 Å². The quantitative estimate of drug-likeness (QED) is 0.0262. The minimum Gasteiger partial charge on any atom is -0.394 e. The lowest BCUT2D eigenvalue weighted by Gasteiger charge is -2.42. The van der Waals surface area contributed by atoms with Crippen LogP contribution >= 0.6 is 0 Å². The number of nitrogens with one attached hydrogen (secondary N) is 8. The highest BCUT2D eigenvalue weighted by molar-refractivity contribution is 5.79. The molecular weight excluding hydrogens is 1500 g/mol. The third kappa shape index (κ3) is 39.8. The van der Waals surface area contributed by atoms with Crippen molar-refractivity contribution >= 4 is 53.2 Å². The van der Waals surface area contributed by atoms with Gasteiger partial charge in [0.25, 0.3) is 0 Å². The van der Waals surface area contributed by atoms with Crippen LogP contribution in [0.15, 0.2) is 0 Å². The zero-order valence-electron chi connectivity index (χ0n) is 67.1. The number of aliphatic hydroxyl groups excluding tert-OH is 11. The number of hydrogen-bond acceptors (Lipinski definition) is 29. The summed E-state index contributed by atoms with van der Waals surface area (Å²) in [6.45, 7) is 4.09. The second-order valence-electron chi connectivity index (χ2n) is 30.0. The van der Waals surface area contributed by atoms with E-state index in [0.29, 0.717) is 83.5 Å². The van der Waals surface area contributed by atoms with Gasteiger partial charge in [-0.05, 0) is 77.0 Å². The molecule has 0 aromatic rings. The zero-order valence-corrected chi connectivity index (χ0v) is 67.1. The number of rotatable bonds is 62. The summed E-state index contributed by atoms with van der Waals surface area (Å²) in [4.78, 5) is 117. The molecule has 0 radical (unpaired) electrons. The number of nitrogens with zero attached hydrogens (tertiary/aromatic N) is 1. The summed E-state index contributed by atoms with van der Waals surface area (Å²) in [5, 5.41) is 132. The second-order valence-corrected chi connectivity index (χ2v) is 30.0. The first-order valence-electron chi connectivity index (χ1n) is 41.0. The van der Waals surface area contributed by atoms with Gasteiger partial charge in [0.1, 0.15) is 54.3 Å². The van der Waals surface area contributed by atoms with E-state index >= 15 is 0 Å². The number of ether oxygens (including phenoxy) is 9. The summed E-state index contributed by atoms with van der Waals surface area (Å²) in [5.74, 6) is -3.69. The Morgan fingerprint density at radius 3 is 1.07 bits per heavy atom. The fraction of sp³-hybridized carbons (Fsp3) is 0.882. The SMILES string of the molecule is CC(=O)NC1C(OCCCCC(=O)NCCCNC(=O)CCOCC(COCCC(=O)NCCCNC(=O)CCCCOC2OC(CO)C(O)C(O)C2C)(COCCC(=O)NCCCNC(=O)CCCCOC2OC(CO)C(O)C(O)C2C)NC(=O)CCCCCCCCCCC(=O)N2C[C@H](O)C[C@H]2CO)OC(CO)C(O)C1O. The van der Waals surface area contributed by atoms with Gasteiger partial charge in [0, 0.05) is 136 Å². The monoisotopic (exact) mass is 1640 g/mol. The first-order valence-corrected chi connectivity index (χ1v) is 41.0. The molecular formula is C76H137N9O29. The highest BCUT2D eigenvalue weighted by atomic mass is 16.7. The predicted molar refractivity (Wildman–Crippen MR) is 407 cm³/mol. The molecule has 4 rings (SSSR count). The average Bonchev–Trinajstić information content (AvgIpc) is 1.26. The molecule has 4 aliphatic heterocycles. The van der Waals surface area contributed by atoms with Crippen molar-refractivity contribution in [3.63, 3.8) is 0 Å². The maximum atomic E-state index is 14.0. The van der Waals surface area contributed by atoms with Crippen LogP contribution in [0.4, 0.5) is 0 Å². The van der Waals surface area contributed by atoms with Crippen LogP contribution in [0, 0.1) is 11.8 Å². The fourth-order valence-electron chi connectivity index (χ4n) is 13.4. The van der Waals surface area contributed by atoms with Crippen molar-refractivity contribution in [1.29, 1.82) is 0 Å². The zero-order chi connectivity index (χ0) is 83.6. The molecule has 15 unspecified atom stereocenters. The van der Waals surface area contributed by atoms with Gasteiger partial charge in [-0.15, -0.1) is 0 Å². The number of carbonyl (C=O) groups excluding carboxylic acids is 9. The minimum atomic E-state index is -1.46. The molecule has 9 amide bonds. The van der Waals surface area contributed by atoms with E-state index in [1.165, 1.54) is 6.92 Å². The summed E-state index contributed by atoms with van der Waals surface area (Å²) in [7, 11) is 0. The lowest BCUT2D eigenvalue weighted by atomic mass is 9.92. The Labute approximate surface area is 668 Å². The maximum Gasteiger partial charge on any atom is 0.222 e. The van der Waals surface area contributed by atoms with Gasteiger partial charge in [0.05, 0.1) is 90.4 Å². The molecule has 0 bridgehead atoms. The topological polar surface area (TPSA) is 559 Å². The number of unbranched alkanes of at least 4 members (excludes halogenated alkanes) is 10. The summed E-state index contributed by atoms with van der Waals surface area (Å²) in [5.41, 5.74) is -1.41. The summed E-state index contributed by atoms with van der Waals surface area (Å²) >= 11 is 0. The maximum absolute atomic E-state index is 14.0. The van der Waals surface area contributed by atoms with E-state index in [9.17, 15) is 99.3 Å². The molecule has 19 N–H and O–H groups in total.